The number of aromatic nitrogens is 12. The number of nitrogens with zero attached hydrogens (tertiary/aromatic N) is 20. The van der Waals surface area contributed by atoms with Crippen LogP contribution in [-0.2, 0) is 4.79 Å². The van der Waals surface area contributed by atoms with Gasteiger partial charge in [-0.1, -0.05) is 68.5 Å². The largest absolute Gasteiger partial charge is 0.494 e. The number of carbonyl (C=O) groups is 1. The van der Waals surface area contributed by atoms with Gasteiger partial charge in [0, 0.05) is 178 Å². The molecule has 0 aliphatic heterocycles. The Morgan fingerprint density at radius 2 is 0.727 bits per heavy atom. The molecule has 0 fully saturated rings. The minimum Gasteiger partial charge on any atom is -0.494 e. The Bertz CT molecular complexity index is 7510. The number of anilines is 10. The molecule has 143 heavy (non-hydrogen) atoms. The average Bonchev–Trinajstić information content (AvgIpc) is 0.772. The number of benzene rings is 8. The smallest absolute Gasteiger partial charge is 0.307 e. The summed E-state index contributed by atoms with van der Waals surface area (Å²) in [6, 6.07) is 52.5. The lowest BCUT2D eigenvalue weighted by molar-refractivity contribution is -0.387. The molecule has 0 spiro atoms. The standard InChI is InChI=1S/C25H27N7O4.C25H29N7O2.C20H14FN5O4.C13H8ClN3O.C7H7FN2O3.C6H15N.C3H3ClO/c1-29(2)13-14-30(3)20-16-23(36-4)18(15-21(20)32(34)35)27-25-26-11-9-24(28-25)31-12-10-22(33)17-7-5-6-8-19(17)31;1-30(2)13-14-31(3)21-16-23(34-4)19(15-18(21)26)28-25-27-11-9-24(29-25)32-12-10-22(33)17-7-5-6-8-20(17)32;1-30-18-10-13(21)16(26(28)29)11-14(18)23-20-22-8-6-19(24-20)25-9-7-17(27)12-4-2-3-5-15(12)25;14-13-15-7-5-12(16-13)17-8-6-11(18)9-3-1-2-4-10(9)17;1-13-7-2-4(8)6(10(11)12)3-5(7)9;1-4-5-6-7(2)3;1-2-3(4)5/h5-12,15-16H,13-14H2,1-4H3,(H,26,27,28);5-12,15-16H,13-14,26H2,1-4H3,(H,27,28,29);2-11H,1H3,(H,22,23,24);1-8H;2-3H,9H2,1H3;4-6H2,1-3H3;2H,1H2. The molecule has 0 saturated heterocycles. The molecular formula is C99H103Cl2F2N25O15. The van der Waals surface area contributed by atoms with E-state index in [-0.39, 0.29) is 67.5 Å². The SMILES string of the molecule is C=CC(=O)Cl.CCCCN(C)C.COc1cc(F)c([N+](=O)[O-])cc1N.COc1cc(F)c([N+](=O)[O-])cc1Nc1nccc(-n2ccc(=O)c3ccccc32)n1.COc1cc(N(C)CCN(C)C)c(N)cc1Nc1nccc(-n2ccc(=O)c3ccccc32)n1.COc1cc(N(C)CCN(C)C)c([N+](=O)[O-])cc1Nc1nccc(-n2ccc(=O)c3ccccc32)n1.O=c1ccn(-c2ccnc(Cl)n2)c2ccccc12. The van der Waals surface area contributed by atoms with Crippen molar-refractivity contribution >= 4 is 147 Å². The van der Waals surface area contributed by atoms with Crippen LogP contribution < -0.4 is 77.9 Å². The zero-order valence-electron chi connectivity index (χ0n) is 80.1. The predicted octanol–water partition coefficient (Wildman–Crippen LogP) is 16.2. The molecule has 8 aromatic carbocycles. The van der Waals surface area contributed by atoms with Gasteiger partial charge < -0.3 is 89.1 Å². The summed E-state index contributed by atoms with van der Waals surface area (Å²) in [4.78, 5) is 134. The molecule has 0 radical (unpaired) electrons. The monoisotopic (exact) mass is 1990 g/mol. The van der Waals surface area contributed by atoms with E-state index in [0.29, 0.717) is 103 Å². The quantitative estimate of drug-likeness (QED) is 0.00726. The van der Waals surface area contributed by atoms with Crippen molar-refractivity contribution in [3.63, 3.8) is 0 Å². The van der Waals surface area contributed by atoms with Crippen LogP contribution in [0.4, 0.5) is 83.5 Å². The van der Waals surface area contributed by atoms with Gasteiger partial charge in [-0.2, -0.15) is 28.7 Å². The van der Waals surface area contributed by atoms with E-state index in [4.69, 9.17) is 48.9 Å². The molecule has 16 rings (SSSR count). The molecule has 0 saturated carbocycles. The Hall–Kier alpha value is -17.4. The third-order valence-electron chi connectivity index (χ3n) is 21.0. The third kappa shape index (κ3) is 28.9. The maximum atomic E-state index is 13.9. The molecule has 8 aromatic heterocycles. The second-order valence-corrected chi connectivity index (χ2v) is 32.3. The zero-order chi connectivity index (χ0) is 104. The van der Waals surface area contributed by atoms with Crippen molar-refractivity contribution in [3.8, 4) is 46.3 Å². The lowest BCUT2D eigenvalue weighted by atomic mass is 10.2. The molecule has 44 heteroatoms. The first-order valence-electron chi connectivity index (χ1n) is 43.5. The van der Waals surface area contributed by atoms with Crippen molar-refractivity contribution in [2.75, 3.05) is 155 Å². The van der Waals surface area contributed by atoms with Crippen molar-refractivity contribution in [1.82, 2.24) is 72.8 Å². The van der Waals surface area contributed by atoms with Crippen LogP contribution in [0.1, 0.15) is 19.8 Å². The summed E-state index contributed by atoms with van der Waals surface area (Å²) in [7, 11) is 21.7. The number of carbonyl (C=O) groups excluding carboxylic acids is 1. The highest BCUT2D eigenvalue weighted by atomic mass is 35.5. The average molecular weight is 1990 g/mol. The van der Waals surface area contributed by atoms with Gasteiger partial charge in [0.25, 0.3) is 5.69 Å². The number of nitro groups is 3. The summed E-state index contributed by atoms with van der Waals surface area (Å²) in [6.45, 7) is 9.58. The fraction of sp³-hybridized carbons (Fsp3) is 0.202. The van der Waals surface area contributed by atoms with Crippen molar-refractivity contribution in [3.05, 3.63) is 345 Å². The highest BCUT2D eigenvalue weighted by Gasteiger charge is 2.26. The number of likely N-dealkylation sites (N-methyl/N-ethyl adjacent to an activating group) is 4. The molecule has 0 unspecified atom stereocenters. The molecule has 0 atom stereocenters. The van der Waals surface area contributed by atoms with Gasteiger partial charge >= 0.3 is 11.4 Å². The first-order valence-corrected chi connectivity index (χ1v) is 44.3. The minimum atomic E-state index is -1.02. The first-order chi connectivity index (χ1) is 68.5. The minimum absolute atomic E-state index is 0.0120. The first kappa shape index (κ1) is 108. The Morgan fingerprint density at radius 1 is 0.420 bits per heavy atom. The lowest BCUT2D eigenvalue weighted by Gasteiger charge is -2.24. The number of nitro benzene ring substituents is 3. The topological polar surface area (TPSA) is 479 Å². The number of hydrogen-bond donors (Lipinski definition) is 5. The molecule has 0 aliphatic rings. The number of nitrogens with two attached hydrogens (primary N) is 2. The van der Waals surface area contributed by atoms with E-state index in [9.17, 15) is 63.1 Å². The number of rotatable bonds is 29. The van der Waals surface area contributed by atoms with Gasteiger partial charge in [0.15, 0.2) is 21.7 Å². The maximum Gasteiger partial charge on any atom is 0.307 e. The summed E-state index contributed by atoms with van der Waals surface area (Å²) in [5.41, 5.74) is 16.1. The normalized spacial score (nSPS) is 10.6. The zero-order valence-corrected chi connectivity index (χ0v) is 81.6. The highest BCUT2D eigenvalue weighted by molar-refractivity contribution is 6.66. The summed E-state index contributed by atoms with van der Waals surface area (Å²) in [6.07, 6.45) is 16.6. The number of nitrogen functional groups attached to an aromatic ring is 2. The number of halogens is 4. The highest BCUT2D eigenvalue weighted by Crippen LogP contribution is 2.41. The van der Waals surface area contributed by atoms with E-state index in [1.165, 1.54) is 77.2 Å². The Labute approximate surface area is 827 Å². The molecule has 16 aromatic rings. The van der Waals surface area contributed by atoms with Gasteiger partial charge in [0.1, 0.15) is 52.0 Å². The number of fused-ring (bicyclic) bond motifs is 4. The van der Waals surface area contributed by atoms with Crippen LogP contribution in [0, 0.1) is 42.0 Å². The van der Waals surface area contributed by atoms with Gasteiger partial charge in [-0.05, 0) is 163 Å². The second-order valence-electron chi connectivity index (χ2n) is 31.6. The van der Waals surface area contributed by atoms with Gasteiger partial charge in [-0.15, -0.1) is 0 Å². The number of unbranched alkanes of at least 4 members (excludes halogenated alkanes) is 1. The fourth-order valence-electron chi connectivity index (χ4n) is 13.8. The number of pyridine rings is 4. The van der Waals surface area contributed by atoms with Gasteiger partial charge in [-0.25, -0.2) is 19.9 Å². The second kappa shape index (κ2) is 51.4. The number of allylic oxidation sites excluding steroid dienone is 1. The predicted molar refractivity (Wildman–Crippen MR) is 554 cm³/mol. The molecule has 0 aliphatic carbocycles. The Morgan fingerprint density at radius 3 is 1.06 bits per heavy atom. The molecule has 40 nitrogen and oxygen atoms in total. The summed E-state index contributed by atoms with van der Waals surface area (Å²) >= 11 is 10.5. The van der Waals surface area contributed by atoms with Crippen LogP contribution in [0.3, 0.4) is 0 Å². The van der Waals surface area contributed by atoms with E-state index in [1.807, 2.05) is 121 Å². The van der Waals surface area contributed by atoms with E-state index >= 15 is 0 Å². The van der Waals surface area contributed by atoms with E-state index in [2.05, 4.69) is 103 Å². The lowest BCUT2D eigenvalue weighted by Crippen LogP contribution is -2.29. The van der Waals surface area contributed by atoms with Crippen molar-refractivity contribution in [1.29, 1.82) is 0 Å². The molecule has 0 bridgehead atoms. The van der Waals surface area contributed by atoms with Crippen LogP contribution >= 0.6 is 23.2 Å². The van der Waals surface area contributed by atoms with Crippen LogP contribution in [0.5, 0.6) is 23.0 Å². The molecule has 742 valence electrons. The Kier molecular flexibility index (Phi) is 38.7. The number of hydrogen-bond acceptors (Lipinski definition) is 33. The Balaban J connectivity index is 0.000000184. The van der Waals surface area contributed by atoms with E-state index < -0.39 is 43.0 Å². The molecule has 0 amide bonds. The van der Waals surface area contributed by atoms with Gasteiger partial charge in [0.05, 0.1) is 99.4 Å². The number of nitrogens with one attached hydrogen (secondary N) is 3. The summed E-state index contributed by atoms with van der Waals surface area (Å²) < 4.78 is 54.9. The van der Waals surface area contributed by atoms with E-state index in [1.54, 1.807) is 139 Å². The number of ether oxygens (including phenoxy) is 4. The number of methoxy groups -OCH3 is 4. The van der Waals surface area contributed by atoms with Crippen LogP contribution in [0.25, 0.3) is 66.9 Å². The van der Waals surface area contributed by atoms with Crippen LogP contribution in [0.15, 0.2) is 276 Å². The molecule has 7 N–H and O–H groups in total. The molecular weight excluding hydrogens is 1890 g/mol. The van der Waals surface area contributed by atoms with Crippen molar-refractivity contribution < 1.29 is 47.3 Å². The van der Waals surface area contributed by atoms with Crippen LogP contribution in [0.2, 0.25) is 5.28 Å². The summed E-state index contributed by atoms with van der Waals surface area (Å²) in [5.74, 6) is 2.15. The van der Waals surface area contributed by atoms with Crippen molar-refractivity contribution in [2.24, 2.45) is 0 Å². The van der Waals surface area contributed by atoms with Gasteiger partial charge in [0.2, 0.25) is 40.0 Å². The summed E-state index contributed by atoms with van der Waals surface area (Å²) in [5, 5.41) is 44.3. The van der Waals surface area contributed by atoms with Crippen molar-refractivity contribution in [2.45, 2.75) is 19.8 Å². The van der Waals surface area contributed by atoms with Gasteiger partial charge in [-0.3, -0.25) is 54.3 Å². The fourth-order valence-corrected chi connectivity index (χ4v) is 13.9. The third-order valence-corrected chi connectivity index (χ3v) is 21.3. The van der Waals surface area contributed by atoms with Crippen LogP contribution in [-0.4, -0.2) is 210 Å². The van der Waals surface area contributed by atoms with E-state index in [0.717, 1.165) is 66.7 Å². The molecule has 8 heterocycles. The maximum absolute atomic E-state index is 13.9. The number of para-hydroxylation sites is 4.